The maximum atomic E-state index is 13.3. The van der Waals surface area contributed by atoms with Crippen LogP contribution in [0.15, 0.2) is 59.5 Å². The zero-order valence-corrected chi connectivity index (χ0v) is 22.7. The fourth-order valence-corrected chi connectivity index (χ4v) is 6.54. The van der Waals surface area contributed by atoms with Gasteiger partial charge in [-0.25, -0.2) is 22.8 Å². The molecule has 2 saturated heterocycles. The molecule has 9 nitrogen and oxygen atoms in total. The smallest absolute Gasteiger partial charge is 0.349 e. The number of aromatic nitrogens is 2. The summed E-state index contributed by atoms with van der Waals surface area (Å²) in [5, 5.41) is 6.00. The second-order valence-electron chi connectivity index (χ2n) is 9.80. The SMILES string of the molecule is O=C(NCc1cc(-c2ccc(C(F)(F)F)cc2)nc(N2CCNCC2)n1)C1CCCN1S(=O)(=O)c1ccc(F)cc1. The highest BCUT2D eigenvalue weighted by Gasteiger charge is 2.39. The number of carbonyl (C=O) groups is 1. The molecular formula is C27H28F4N6O3S. The van der Waals surface area contributed by atoms with Crippen molar-refractivity contribution in [1.29, 1.82) is 0 Å². The lowest BCUT2D eigenvalue weighted by atomic mass is 10.1. The molecule has 1 unspecified atom stereocenters. The lowest BCUT2D eigenvalue weighted by Crippen LogP contribution is -2.46. The minimum atomic E-state index is -4.47. The number of amides is 1. The second kappa shape index (κ2) is 11.7. The molecule has 218 valence electrons. The largest absolute Gasteiger partial charge is 0.416 e. The van der Waals surface area contributed by atoms with Crippen molar-refractivity contribution in [3.05, 3.63) is 71.7 Å². The van der Waals surface area contributed by atoms with E-state index in [4.69, 9.17) is 0 Å². The summed E-state index contributed by atoms with van der Waals surface area (Å²) in [5.74, 6) is -0.693. The molecule has 2 aliphatic rings. The predicted molar refractivity (Wildman–Crippen MR) is 143 cm³/mol. The molecule has 2 aliphatic heterocycles. The molecule has 2 fully saturated rings. The Morgan fingerprint density at radius 1 is 1.00 bits per heavy atom. The maximum Gasteiger partial charge on any atom is 0.416 e. The number of hydrogen-bond acceptors (Lipinski definition) is 7. The molecule has 0 saturated carbocycles. The number of rotatable bonds is 7. The average molecular weight is 593 g/mol. The zero-order chi connectivity index (χ0) is 29.2. The van der Waals surface area contributed by atoms with E-state index in [0.717, 1.165) is 28.6 Å². The molecule has 0 bridgehead atoms. The van der Waals surface area contributed by atoms with E-state index in [-0.39, 0.29) is 18.0 Å². The molecule has 41 heavy (non-hydrogen) atoms. The number of nitrogens with one attached hydrogen (secondary N) is 2. The third kappa shape index (κ3) is 6.49. The van der Waals surface area contributed by atoms with Crippen molar-refractivity contribution in [2.24, 2.45) is 0 Å². The maximum absolute atomic E-state index is 13.3. The van der Waals surface area contributed by atoms with E-state index >= 15 is 0 Å². The van der Waals surface area contributed by atoms with E-state index in [1.165, 1.54) is 24.3 Å². The average Bonchev–Trinajstić information content (AvgIpc) is 3.47. The summed E-state index contributed by atoms with van der Waals surface area (Å²) in [7, 11) is -4.02. The van der Waals surface area contributed by atoms with Crippen molar-refractivity contribution in [2.75, 3.05) is 37.6 Å². The Bertz CT molecular complexity index is 1490. The molecule has 0 aliphatic carbocycles. The number of alkyl halides is 3. The van der Waals surface area contributed by atoms with Gasteiger partial charge in [-0.1, -0.05) is 12.1 Å². The number of halogens is 4. The van der Waals surface area contributed by atoms with Crippen LogP contribution in [0.25, 0.3) is 11.3 Å². The molecule has 1 atom stereocenters. The van der Waals surface area contributed by atoms with Crippen molar-refractivity contribution < 1.29 is 30.8 Å². The van der Waals surface area contributed by atoms with Crippen LogP contribution in [-0.4, -0.2) is 67.4 Å². The third-order valence-corrected chi connectivity index (χ3v) is 8.97. The van der Waals surface area contributed by atoms with Crippen molar-refractivity contribution in [2.45, 2.75) is 36.5 Å². The first-order valence-electron chi connectivity index (χ1n) is 13.1. The van der Waals surface area contributed by atoms with E-state index < -0.39 is 39.5 Å². The topological polar surface area (TPSA) is 108 Å². The number of nitrogens with zero attached hydrogens (tertiary/aromatic N) is 4. The highest BCUT2D eigenvalue weighted by atomic mass is 32.2. The molecule has 3 heterocycles. The lowest BCUT2D eigenvalue weighted by Gasteiger charge is -2.28. The number of sulfonamides is 1. The monoisotopic (exact) mass is 592 g/mol. The third-order valence-electron chi connectivity index (χ3n) is 7.05. The van der Waals surface area contributed by atoms with Gasteiger partial charge >= 0.3 is 6.18 Å². The van der Waals surface area contributed by atoms with Crippen LogP contribution in [-0.2, 0) is 27.5 Å². The van der Waals surface area contributed by atoms with Crippen LogP contribution in [0.1, 0.15) is 24.1 Å². The first-order chi connectivity index (χ1) is 19.5. The summed E-state index contributed by atoms with van der Waals surface area (Å²) in [4.78, 5) is 24.2. The van der Waals surface area contributed by atoms with Crippen molar-refractivity contribution in [3.8, 4) is 11.3 Å². The van der Waals surface area contributed by atoms with Gasteiger partial charge < -0.3 is 15.5 Å². The molecule has 3 aromatic rings. The minimum absolute atomic E-state index is 0.0466. The van der Waals surface area contributed by atoms with Crippen molar-refractivity contribution in [1.82, 2.24) is 24.9 Å². The molecule has 2 aromatic carbocycles. The molecule has 1 amide bonds. The van der Waals surface area contributed by atoms with Crippen LogP contribution in [0.5, 0.6) is 0 Å². The molecule has 0 spiro atoms. The Morgan fingerprint density at radius 2 is 1.68 bits per heavy atom. The molecule has 0 radical (unpaired) electrons. The molecule has 2 N–H and O–H groups in total. The summed E-state index contributed by atoms with van der Waals surface area (Å²) in [6.45, 7) is 2.77. The van der Waals surface area contributed by atoms with Crippen LogP contribution in [0, 0.1) is 5.82 Å². The molecule has 1 aromatic heterocycles. The Labute approximate surface area is 234 Å². The first kappa shape index (κ1) is 28.9. The van der Waals surface area contributed by atoms with Gasteiger partial charge in [-0.05, 0) is 55.3 Å². The molecule has 5 rings (SSSR count). The first-order valence-corrected chi connectivity index (χ1v) is 14.5. The van der Waals surface area contributed by atoms with Crippen LogP contribution in [0.4, 0.5) is 23.5 Å². The van der Waals surface area contributed by atoms with E-state index in [1.54, 1.807) is 6.07 Å². The van der Waals surface area contributed by atoms with Gasteiger partial charge in [0.15, 0.2) is 0 Å². The van der Waals surface area contributed by atoms with Crippen molar-refractivity contribution in [3.63, 3.8) is 0 Å². The van der Waals surface area contributed by atoms with E-state index in [0.29, 0.717) is 61.9 Å². The predicted octanol–water partition coefficient (Wildman–Crippen LogP) is 3.18. The number of hydrogen-bond donors (Lipinski definition) is 2. The molecular weight excluding hydrogens is 564 g/mol. The summed E-state index contributed by atoms with van der Waals surface area (Å²) < 4.78 is 80.0. The lowest BCUT2D eigenvalue weighted by molar-refractivity contribution is -0.137. The Morgan fingerprint density at radius 3 is 2.34 bits per heavy atom. The Hall–Kier alpha value is -3.62. The van der Waals surface area contributed by atoms with Gasteiger partial charge in [0, 0.05) is 38.3 Å². The highest BCUT2D eigenvalue weighted by Crippen LogP contribution is 2.31. The number of carbonyl (C=O) groups excluding carboxylic acids is 1. The van der Waals surface area contributed by atoms with Gasteiger partial charge in [0.1, 0.15) is 11.9 Å². The quantitative estimate of drug-likeness (QED) is 0.406. The number of anilines is 1. The van der Waals surface area contributed by atoms with E-state index in [2.05, 4.69) is 20.6 Å². The summed E-state index contributed by atoms with van der Waals surface area (Å²) in [6, 6.07) is 9.73. The zero-order valence-electron chi connectivity index (χ0n) is 21.9. The second-order valence-corrected chi connectivity index (χ2v) is 11.7. The van der Waals surface area contributed by atoms with E-state index in [1.807, 2.05) is 4.90 Å². The van der Waals surface area contributed by atoms with Crippen LogP contribution >= 0.6 is 0 Å². The van der Waals surface area contributed by atoms with E-state index in [9.17, 15) is 30.8 Å². The van der Waals surface area contributed by atoms with Gasteiger partial charge in [0.25, 0.3) is 0 Å². The van der Waals surface area contributed by atoms with Gasteiger partial charge in [-0.15, -0.1) is 0 Å². The van der Waals surface area contributed by atoms with Crippen molar-refractivity contribution >= 4 is 21.9 Å². The van der Waals surface area contributed by atoms with Crippen LogP contribution < -0.4 is 15.5 Å². The van der Waals surface area contributed by atoms with Crippen LogP contribution in [0.2, 0.25) is 0 Å². The molecule has 14 heteroatoms. The van der Waals surface area contributed by atoms with Gasteiger partial charge in [0.2, 0.25) is 21.9 Å². The minimum Gasteiger partial charge on any atom is -0.349 e. The highest BCUT2D eigenvalue weighted by molar-refractivity contribution is 7.89. The Balaban J connectivity index is 1.36. The summed E-state index contributed by atoms with van der Waals surface area (Å²) >= 11 is 0. The van der Waals surface area contributed by atoms with Gasteiger partial charge in [0.05, 0.1) is 28.4 Å². The normalized spacial score (nSPS) is 18.4. The fourth-order valence-electron chi connectivity index (χ4n) is 4.89. The van der Waals surface area contributed by atoms with Gasteiger partial charge in [-0.3, -0.25) is 4.79 Å². The van der Waals surface area contributed by atoms with Gasteiger partial charge in [-0.2, -0.15) is 17.5 Å². The number of benzene rings is 2. The van der Waals surface area contributed by atoms with Crippen LogP contribution in [0.3, 0.4) is 0 Å². The summed E-state index contributed by atoms with van der Waals surface area (Å²) in [5.41, 5.74) is 0.495. The summed E-state index contributed by atoms with van der Waals surface area (Å²) in [6.07, 6.45) is -3.67. The number of piperazine rings is 1. The standard InChI is InChI=1S/C27H28F4N6O3S/c28-20-7-9-22(10-8-20)41(39,40)37-13-1-2-24(37)25(38)33-17-21-16-23(18-3-5-19(6-4-18)27(29,30)31)35-26(34-21)36-14-11-32-12-15-36/h3-10,16,24,32H,1-2,11-15,17H2,(H,33,38). The fraction of sp³-hybridized carbons (Fsp3) is 0.370. The Kier molecular flexibility index (Phi) is 8.25.